The van der Waals surface area contributed by atoms with E-state index in [2.05, 4.69) is 9.81 Å². The molecule has 1 heterocycles. The van der Waals surface area contributed by atoms with E-state index >= 15 is 0 Å². The van der Waals surface area contributed by atoms with Crippen molar-refractivity contribution in [3.63, 3.8) is 0 Å². The van der Waals surface area contributed by atoms with Crippen molar-refractivity contribution in [2.75, 3.05) is 6.61 Å². The van der Waals surface area contributed by atoms with Gasteiger partial charge in [-0.1, -0.05) is 0 Å². The van der Waals surface area contributed by atoms with Gasteiger partial charge in [0.2, 0.25) is 0 Å². The van der Waals surface area contributed by atoms with E-state index in [0.29, 0.717) is 0 Å². The number of rotatable bonds is 1. The molecule has 80 valence electrons. The fourth-order valence-corrected chi connectivity index (χ4v) is 0.915. The molecular weight excluding hydrogens is 354 g/mol. The first-order valence-electron chi connectivity index (χ1n) is 3.55. The number of aliphatic hydroxyl groups excluding tert-OH is 4. The molecule has 0 bridgehead atoms. The van der Waals surface area contributed by atoms with E-state index in [-0.39, 0.29) is 6.61 Å². The van der Waals surface area contributed by atoms with E-state index in [4.69, 9.17) is 20.4 Å². The van der Waals surface area contributed by atoms with Gasteiger partial charge in [-0.05, 0) is 6.10 Å². The molecule has 1 rings (SSSR count). The molecule has 4 unspecified atom stereocenters. The summed E-state index contributed by atoms with van der Waals surface area (Å²) in [5.41, 5.74) is 0. The Kier molecular flexibility index (Phi) is 6.87. The van der Waals surface area contributed by atoms with Gasteiger partial charge in [0.1, 0.15) is 6.10 Å². The van der Waals surface area contributed by atoms with Crippen LogP contribution in [0.15, 0.2) is 0 Å². The standard InChI is InChI=1S/C6H11O5.CH2.Os/c7-1-4-6(10)5(9)3(8)2-11-4;;/h2-10H,1H2;1H2;/q-1;;. The summed E-state index contributed by atoms with van der Waals surface area (Å²) in [4.78, 5) is 0. The van der Waals surface area contributed by atoms with Crippen LogP contribution in [-0.4, -0.2) is 56.5 Å². The van der Waals surface area contributed by atoms with Gasteiger partial charge in [0.25, 0.3) is 0 Å². The van der Waals surface area contributed by atoms with Gasteiger partial charge in [0, 0.05) is 0 Å². The Morgan fingerprint density at radius 2 is 1.77 bits per heavy atom. The van der Waals surface area contributed by atoms with Crippen LogP contribution in [0.1, 0.15) is 0 Å². The fourth-order valence-electron chi connectivity index (χ4n) is 0.915. The van der Waals surface area contributed by atoms with Crippen LogP contribution in [0.3, 0.4) is 0 Å². The minimum absolute atomic E-state index is 0.387. The molecule has 0 aromatic rings. The van der Waals surface area contributed by atoms with E-state index in [9.17, 15) is 0 Å². The second-order valence-corrected chi connectivity index (χ2v) is 2.46. The molecule has 0 amide bonds. The number of hydrogen-bond donors (Lipinski definition) is 4. The van der Waals surface area contributed by atoms with Crippen LogP contribution in [0.2, 0.25) is 0 Å². The minimum atomic E-state index is -1.28. The molecule has 1 saturated heterocycles. The van der Waals surface area contributed by atoms with Crippen molar-refractivity contribution in [1.82, 2.24) is 0 Å². The van der Waals surface area contributed by atoms with Crippen molar-refractivity contribution >= 4 is 5.07 Å². The zero-order chi connectivity index (χ0) is 10.4. The molecule has 4 atom stereocenters. The summed E-state index contributed by atoms with van der Waals surface area (Å²) in [6.45, 7) is 0.611. The second-order valence-electron chi connectivity index (χ2n) is 2.46. The SMILES string of the molecule is OCC1O[CH-]C(O)C(O)C1O.[CH2]=[Os]. The Morgan fingerprint density at radius 3 is 2.23 bits per heavy atom. The van der Waals surface area contributed by atoms with Gasteiger partial charge < -0.3 is 25.2 Å². The van der Waals surface area contributed by atoms with Crippen LogP contribution in [0.4, 0.5) is 0 Å². The maximum absolute atomic E-state index is 9.09. The molecular formula is C7H13O5Os-. The molecule has 5 nitrogen and oxygen atoms in total. The molecule has 0 saturated carbocycles. The van der Waals surface area contributed by atoms with Gasteiger partial charge in [-0.2, -0.15) is 6.61 Å². The monoisotopic (exact) mass is 369 g/mol. The Hall–Kier alpha value is 0.306. The van der Waals surface area contributed by atoms with Crippen LogP contribution < -0.4 is 0 Å². The predicted octanol–water partition coefficient (Wildman–Crippen LogP) is -2.41. The first-order chi connectivity index (χ1) is 6.16. The topological polar surface area (TPSA) is 90.2 Å². The van der Waals surface area contributed by atoms with E-state index in [1.54, 1.807) is 18.1 Å². The van der Waals surface area contributed by atoms with Gasteiger partial charge in [-0.25, -0.2) is 0 Å². The molecule has 0 aliphatic carbocycles. The fraction of sp³-hybridized carbons (Fsp3) is 0.714. The Bertz CT molecular complexity index is 143. The van der Waals surface area contributed by atoms with Crippen molar-refractivity contribution in [2.24, 2.45) is 0 Å². The summed E-state index contributed by atoms with van der Waals surface area (Å²) in [6, 6.07) is 0. The molecule has 0 spiro atoms. The van der Waals surface area contributed by atoms with Crippen LogP contribution in [0.25, 0.3) is 0 Å². The van der Waals surface area contributed by atoms with E-state index in [1.807, 2.05) is 0 Å². The van der Waals surface area contributed by atoms with Crippen LogP contribution in [-0.2, 0) is 22.9 Å². The summed E-state index contributed by atoms with van der Waals surface area (Å²) in [5.74, 6) is 0. The van der Waals surface area contributed by atoms with Gasteiger partial charge in [-0.3, -0.25) is 0 Å². The van der Waals surface area contributed by atoms with Gasteiger partial charge in [0.15, 0.2) is 0 Å². The van der Waals surface area contributed by atoms with Gasteiger partial charge >= 0.3 is 23.2 Å². The van der Waals surface area contributed by atoms with Crippen molar-refractivity contribution in [1.29, 1.82) is 0 Å². The average molecular weight is 367 g/mol. The van der Waals surface area contributed by atoms with Crippen molar-refractivity contribution in [3.05, 3.63) is 6.61 Å². The van der Waals surface area contributed by atoms with E-state index in [0.717, 1.165) is 6.61 Å². The van der Waals surface area contributed by atoms with E-state index < -0.39 is 24.4 Å². The second kappa shape index (κ2) is 6.71. The molecule has 13 heavy (non-hydrogen) atoms. The number of hydrogen-bond acceptors (Lipinski definition) is 5. The predicted molar refractivity (Wildman–Crippen MR) is 41.4 cm³/mol. The average Bonchev–Trinajstić information content (AvgIpc) is 2.18. The normalized spacial score (nSPS) is 39.2. The van der Waals surface area contributed by atoms with Crippen LogP contribution in [0, 0.1) is 6.61 Å². The number of ether oxygens (including phenoxy) is 1. The molecule has 0 aromatic heterocycles. The molecule has 6 heteroatoms. The Morgan fingerprint density at radius 1 is 1.23 bits per heavy atom. The number of aliphatic hydroxyl groups is 4. The summed E-state index contributed by atoms with van der Waals surface area (Å²) in [7, 11) is 0. The summed E-state index contributed by atoms with van der Waals surface area (Å²) >= 11 is 1.61. The van der Waals surface area contributed by atoms with Crippen molar-refractivity contribution in [3.8, 4) is 0 Å². The molecule has 4 N–H and O–H groups in total. The first kappa shape index (κ1) is 13.3. The molecule has 1 aliphatic rings. The summed E-state index contributed by atoms with van der Waals surface area (Å²) < 4.78 is 4.69. The molecule has 1 fully saturated rings. The van der Waals surface area contributed by atoms with Crippen molar-refractivity contribution in [2.45, 2.75) is 24.4 Å². The third kappa shape index (κ3) is 3.51. The van der Waals surface area contributed by atoms with Crippen LogP contribution in [0.5, 0.6) is 0 Å². The van der Waals surface area contributed by atoms with E-state index in [1.165, 1.54) is 0 Å². The first-order valence-corrected chi connectivity index (χ1v) is 5.35. The Labute approximate surface area is 86.4 Å². The molecule has 0 aromatic carbocycles. The third-order valence-electron chi connectivity index (χ3n) is 1.65. The van der Waals surface area contributed by atoms with Crippen molar-refractivity contribution < 1.29 is 43.3 Å². The Balaban J connectivity index is 0.000000671. The zero-order valence-corrected chi connectivity index (χ0v) is 9.39. The maximum atomic E-state index is 9.09. The van der Waals surface area contributed by atoms with Gasteiger partial charge in [-0.15, -0.1) is 0 Å². The third-order valence-corrected chi connectivity index (χ3v) is 1.65. The van der Waals surface area contributed by atoms with Crippen LogP contribution >= 0.6 is 0 Å². The molecule has 1 aliphatic heterocycles. The zero-order valence-electron chi connectivity index (χ0n) is 6.85. The quantitative estimate of drug-likeness (QED) is 0.388. The molecule has 0 radical (unpaired) electrons. The summed E-state index contributed by atoms with van der Waals surface area (Å²) in [6.07, 6.45) is -4.54. The van der Waals surface area contributed by atoms with Gasteiger partial charge in [0.05, 0.1) is 18.8 Å². The summed E-state index contributed by atoms with van der Waals surface area (Å²) in [5, 5.41) is 38.9.